The van der Waals surface area contributed by atoms with E-state index >= 15 is 0 Å². The van der Waals surface area contributed by atoms with Crippen molar-refractivity contribution < 1.29 is 35.1 Å². The first-order valence-electron chi connectivity index (χ1n) is 8.64. The highest BCUT2D eigenvalue weighted by Crippen LogP contribution is 2.40. The third-order valence-electron chi connectivity index (χ3n) is 5.05. The molecule has 0 spiro atoms. The summed E-state index contributed by atoms with van der Waals surface area (Å²) in [7, 11) is 0. The molecule has 152 valence electrons. The fraction of sp³-hybridized carbons (Fsp3) is 0.400. The Labute approximate surface area is 156 Å². The minimum atomic E-state index is -4.76. The largest absolute Gasteiger partial charge is 0.419 e. The minimum Gasteiger partial charge on any atom is -0.206 e. The maximum Gasteiger partial charge on any atom is 0.419 e. The predicted octanol–water partition coefficient (Wildman–Crippen LogP) is 6.81. The SMILES string of the molecule is Fc1ccc(CC2CC(Cc3ccc(F)c(C(F)(F)F)c3)C2)cc1C(F)(F)F. The van der Waals surface area contributed by atoms with Gasteiger partial charge in [0.1, 0.15) is 11.6 Å². The molecule has 8 heteroatoms. The van der Waals surface area contributed by atoms with Gasteiger partial charge < -0.3 is 0 Å². The molecule has 0 amide bonds. The maximum atomic E-state index is 13.3. The zero-order chi connectivity index (χ0) is 20.7. The topological polar surface area (TPSA) is 0 Å². The minimum absolute atomic E-state index is 0.0825. The van der Waals surface area contributed by atoms with E-state index in [0.717, 1.165) is 24.3 Å². The van der Waals surface area contributed by atoms with E-state index in [1.54, 1.807) is 0 Å². The molecule has 0 nitrogen and oxygen atoms in total. The van der Waals surface area contributed by atoms with Crippen molar-refractivity contribution in [2.45, 2.75) is 38.0 Å². The molecule has 1 saturated carbocycles. The molecule has 2 aromatic rings. The van der Waals surface area contributed by atoms with Crippen molar-refractivity contribution in [1.82, 2.24) is 0 Å². The summed E-state index contributed by atoms with van der Waals surface area (Å²) in [6, 6.07) is 5.83. The molecule has 1 aliphatic carbocycles. The van der Waals surface area contributed by atoms with Gasteiger partial charge in [-0.05, 0) is 72.9 Å². The standard InChI is InChI=1S/C20H16F8/c21-17-3-1-11(9-15(17)19(23,24)25)5-13-7-14(8-13)6-12-2-4-18(22)16(10-12)20(26,27)28/h1-4,9-10,13-14H,5-8H2. The van der Waals surface area contributed by atoms with Gasteiger partial charge >= 0.3 is 12.4 Å². The third kappa shape index (κ3) is 4.64. The van der Waals surface area contributed by atoms with E-state index in [1.165, 1.54) is 12.1 Å². The maximum absolute atomic E-state index is 13.3. The third-order valence-corrected chi connectivity index (χ3v) is 5.05. The molecule has 2 aromatic carbocycles. The van der Waals surface area contributed by atoms with Crippen LogP contribution in [0, 0.1) is 23.5 Å². The molecule has 0 N–H and O–H groups in total. The lowest BCUT2D eigenvalue weighted by Gasteiger charge is -2.36. The molecule has 0 bridgehead atoms. The lowest BCUT2D eigenvalue weighted by Crippen LogP contribution is -2.27. The van der Waals surface area contributed by atoms with Crippen LogP contribution in [0.15, 0.2) is 36.4 Å². The molecule has 0 aromatic heterocycles. The fourth-order valence-corrected chi connectivity index (χ4v) is 3.71. The second-order valence-electron chi connectivity index (χ2n) is 7.24. The van der Waals surface area contributed by atoms with Crippen LogP contribution in [0.2, 0.25) is 0 Å². The van der Waals surface area contributed by atoms with Crippen LogP contribution in [0.3, 0.4) is 0 Å². The average molecular weight is 408 g/mol. The molecule has 0 radical (unpaired) electrons. The normalized spacial score (nSPS) is 20.1. The van der Waals surface area contributed by atoms with Gasteiger partial charge in [0.05, 0.1) is 11.1 Å². The molecule has 0 atom stereocenters. The van der Waals surface area contributed by atoms with Crippen LogP contribution in [0.5, 0.6) is 0 Å². The quantitative estimate of drug-likeness (QED) is 0.488. The molecule has 3 rings (SSSR count). The van der Waals surface area contributed by atoms with E-state index in [4.69, 9.17) is 0 Å². The van der Waals surface area contributed by atoms with Gasteiger partial charge in [0, 0.05) is 0 Å². The zero-order valence-electron chi connectivity index (χ0n) is 14.5. The Morgan fingerprint density at radius 3 is 1.32 bits per heavy atom. The van der Waals surface area contributed by atoms with Crippen molar-refractivity contribution in [3.05, 3.63) is 70.3 Å². The van der Waals surface area contributed by atoms with Gasteiger partial charge in [-0.3, -0.25) is 0 Å². The first-order valence-corrected chi connectivity index (χ1v) is 8.64. The highest BCUT2D eigenvalue weighted by Gasteiger charge is 2.36. The van der Waals surface area contributed by atoms with Crippen LogP contribution >= 0.6 is 0 Å². The van der Waals surface area contributed by atoms with E-state index < -0.39 is 35.1 Å². The van der Waals surface area contributed by atoms with Crippen LogP contribution in [0.1, 0.15) is 35.1 Å². The molecule has 1 fully saturated rings. The Kier molecular flexibility index (Phi) is 5.42. The van der Waals surface area contributed by atoms with Gasteiger partial charge in [0.25, 0.3) is 0 Å². The van der Waals surface area contributed by atoms with Gasteiger partial charge in [-0.25, -0.2) is 8.78 Å². The van der Waals surface area contributed by atoms with Crippen LogP contribution in [0.4, 0.5) is 35.1 Å². The summed E-state index contributed by atoms with van der Waals surface area (Å²) < 4.78 is 103. The Bertz CT molecular complexity index is 775. The van der Waals surface area contributed by atoms with Crippen molar-refractivity contribution in [3.8, 4) is 0 Å². The summed E-state index contributed by atoms with van der Waals surface area (Å²) in [5.74, 6) is -2.47. The van der Waals surface area contributed by atoms with E-state index in [1.807, 2.05) is 0 Å². The number of alkyl halides is 6. The second kappa shape index (κ2) is 7.37. The van der Waals surface area contributed by atoms with E-state index in [9.17, 15) is 35.1 Å². The van der Waals surface area contributed by atoms with Crippen molar-refractivity contribution in [3.63, 3.8) is 0 Å². The Balaban J connectivity index is 1.59. The molecule has 0 saturated heterocycles. The zero-order valence-corrected chi connectivity index (χ0v) is 14.5. The Morgan fingerprint density at radius 1 is 0.643 bits per heavy atom. The monoisotopic (exact) mass is 408 g/mol. The Hall–Kier alpha value is -2.12. The van der Waals surface area contributed by atoms with Crippen molar-refractivity contribution in [2.24, 2.45) is 11.8 Å². The highest BCUT2D eigenvalue weighted by molar-refractivity contribution is 5.29. The number of halogens is 8. The lowest BCUT2D eigenvalue weighted by atomic mass is 9.70. The van der Waals surface area contributed by atoms with Crippen LogP contribution in [-0.4, -0.2) is 0 Å². The molecule has 0 heterocycles. The molecule has 28 heavy (non-hydrogen) atoms. The van der Waals surface area contributed by atoms with E-state index in [0.29, 0.717) is 36.8 Å². The molecular weight excluding hydrogens is 392 g/mol. The molecular formula is C20H16F8. The van der Waals surface area contributed by atoms with Gasteiger partial charge in [0.2, 0.25) is 0 Å². The summed E-state index contributed by atoms with van der Waals surface area (Å²) in [5.41, 5.74) is -1.85. The average Bonchev–Trinajstić information content (AvgIpc) is 2.53. The fourth-order valence-electron chi connectivity index (χ4n) is 3.71. The summed E-state index contributed by atoms with van der Waals surface area (Å²) in [6.45, 7) is 0. The van der Waals surface area contributed by atoms with Gasteiger partial charge in [-0.15, -0.1) is 0 Å². The van der Waals surface area contributed by atoms with Gasteiger partial charge in [-0.2, -0.15) is 26.3 Å². The van der Waals surface area contributed by atoms with Crippen LogP contribution in [0.25, 0.3) is 0 Å². The predicted molar refractivity (Wildman–Crippen MR) is 86.4 cm³/mol. The summed E-state index contributed by atoms with van der Waals surface area (Å²) in [4.78, 5) is 0. The van der Waals surface area contributed by atoms with Crippen molar-refractivity contribution in [1.29, 1.82) is 0 Å². The molecule has 0 unspecified atom stereocenters. The van der Waals surface area contributed by atoms with Crippen molar-refractivity contribution in [2.75, 3.05) is 0 Å². The Morgan fingerprint density at radius 2 is 1.00 bits per heavy atom. The number of hydrogen-bond acceptors (Lipinski definition) is 0. The van der Waals surface area contributed by atoms with E-state index in [-0.39, 0.29) is 11.8 Å². The highest BCUT2D eigenvalue weighted by atomic mass is 19.4. The summed E-state index contributed by atoms with van der Waals surface area (Å²) in [6.07, 6.45) is -7.56. The van der Waals surface area contributed by atoms with Gasteiger partial charge in [-0.1, -0.05) is 12.1 Å². The first kappa shape index (κ1) is 20.6. The summed E-state index contributed by atoms with van der Waals surface area (Å²) >= 11 is 0. The molecule has 0 aliphatic heterocycles. The number of hydrogen-bond donors (Lipinski definition) is 0. The first-order chi connectivity index (χ1) is 12.9. The van der Waals surface area contributed by atoms with Crippen LogP contribution < -0.4 is 0 Å². The molecule has 1 aliphatic rings. The second-order valence-corrected chi connectivity index (χ2v) is 7.24. The summed E-state index contributed by atoms with van der Waals surface area (Å²) in [5, 5.41) is 0. The lowest BCUT2D eigenvalue weighted by molar-refractivity contribution is -0.140. The number of benzene rings is 2. The number of rotatable bonds is 4. The van der Waals surface area contributed by atoms with E-state index in [2.05, 4.69) is 0 Å². The smallest absolute Gasteiger partial charge is 0.206 e. The van der Waals surface area contributed by atoms with Gasteiger partial charge in [0.15, 0.2) is 0 Å². The van der Waals surface area contributed by atoms with Crippen LogP contribution in [-0.2, 0) is 25.2 Å². The van der Waals surface area contributed by atoms with Crippen molar-refractivity contribution >= 4 is 0 Å².